The maximum absolute atomic E-state index is 4.37. The smallest absolute Gasteiger partial charge is 0.109 e. The topological polar surface area (TPSA) is 28.2 Å². The van der Waals surface area contributed by atoms with Crippen molar-refractivity contribution in [1.29, 1.82) is 0 Å². The molecule has 2 atom stereocenters. The Kier molecular flexibility index (Phi) is 3.72. The SMILES string of the molecule is C[C@H](c1nccs1)N(C)C[C@H]1CCNC1. The molecular weight excluding hydrogens is 206 g/mol. The van der Waals surface area contributed by atoms with E-state index in [1.165, 1.54) is 31.1 Å². The number of thiazole rings is 1. The Morgan fingerprint density at radius 1 is 1.73 bits per heavy atom. The summed E-state index contributed by atoms with van der Waals surface area (Å²) in [6.07, 6.45) is 3.20. The van der Waals surface area contributed by atoms with Crippen LogP contribution in [0, 0.1) is 5.92 Å². The minimum absolute atomic E-state index is 0.450. The maximum atomic E-state index is 4.37. The molecule has 1 aromatic heterocycles. The lowest BCUT2D eigenvalue weighted by molar-refractivity contribution is 0.226. The Morgan fingerprint density at radius 2 is 2.60 bits per heavy atom. The molecule has 84 valence electrons. The summed E-state index contributed by atoms with van der Waals surface area (Å²) in [5.41, 5.74) is 0. The molecule has 0 amide bonds. The van der Waals surface area contributed by atoms with Crippen molar-refractivity contribution in [2.45, 2.75) is 19.4 Å². The minimum atomic E-state index is 0.450. The summed E-state index contributed by atoms with van der Waals surface area (Å²) in [7, 11) is 2.20. The molecule has 4 heteroatoms. The summed E-state index contributed by atoms with van der Waals surface area (Å²) >= 11 is 1.75. The summed E-state index contributed by atoms with van der Waals surface area (Å²) < 4.78 is 0. The Bertz CT molecular complexity index is 280. The van der Waals surface area contributed by atoms with Gasteiger partial charge in [0.05, 0.1) is 6.04 Å². The van der Waals surface area contributed by atoms with E-state index in [1.54, 1.807) is 11.3 Å². The normalized spacial score (nSPS) is 23.5. The van der Waals surface area contributed by atoms with Crippen LogP contribution in [0.5, 0.6) is 0 Å². The first-order valence-corrected chi connectivity index (χ1v) is 6.45. The van der Waals surface area contributed by atoms with Crippen LogP contribution in [0.25, 0.3) is 0 Å². The second-order valence-electron chi connectivity index (χ2n) is 4.34. The number of rotatable bonds is 4. The second-order valence-corrected chi connectivity index (χ2v) is 5.27. The van der Waals surface area contributed by atoms with Crippen LogP contribution in [-0.2, 0) is 0 Å². The lowest BCUT2D eigenvalue weighted by atomic mass is 10.1. The van der Waals surface area contributed by atoms with Gasteiger partial charge < -0.3 is 5.32 Å². The van der Waals surface area contributed by atoms with Gasteiger partial charge in [0.25, 0.3) is 0 Å². The molecule has 1 saturated heterocycles. The number of hydrogen-bond donors (Lipinski definition) is 1. The van der Waals surface area contributed by atoms with E-state index in [2.05, 4.69) is 34.6 Å². The van der Waals surface area contributed by atoms with Crippen LogP contribution in [-0.4, -0.2) is 36.6 Å². The molecule has 1 aromatic rings. The second kappa shape index (κ2) is 5.05. The number of nitrogens with one attached hydrogen (secondary N) is 1. The first-order valence-electron chi connectivity index (χ1n) is 5.57. The van der Waals surface area contributed by atoms with Gasteiger partial charge in [-0.3, -0.25) is 4.90 Å². The summed E-state index contributed by atoms with van der Waals surface area (Å²) in [4.78, 5) is 6.79. The molecule has 15 heavy (non-hydrogen) atoms. The Labute approximate surface area is 95.5 Å². The van der Waals surface area contributed by atoms with Crippen molar-refractivity contribution < 1.29 is 0 Å². The fourth-order valence-electron chi connectivity index (χ4n) is 2.06. The van der Waals surface area contributed by atoms with Crippen molar-refractivity contribution in [2.75, 3.05) is 26.7 Å². The van der Waals surface area contributed by atoms with Gasteiger partial charge in [-0.05, 0) is 39.4 Å². The van der Waals surface area contributed by atoms with E-state index >= 15 is 0 Å². The van der Waals surface area contributed by atoms with Gasteiger partial charge in [0.1, 0.15) is 5.01 Å². The molecule has 0 radical (unpaired) electrons. The van der Waals surface area contributed by atoms with E-state index in [1.807, 2.05) is 6.20 Å². The van der Waals surface area contributed by atoms with E-state index in [4.69, 9.17) is 0 Å². The minimum Gasteiger partial charge on any atom is -0.316 e. The van der Waals surface area contributed by atoms with Crippen molar-refractivity contribution in [3.8, 4) is 0 Å². The van der Waals surface area contributed by atoms with Crippen molar-refractivity contribution in [2.24, 2.45) is 5.92 Å². The average Bonchev–Trinajstić information content (AvgIpc) is 2.88. The lowest BCUT2D eigenvalue weighted by Gasteiger charge is -2.25. The third-order valence-corrected chi connectivity index (χ3v) is 4.12. The first kappa shape index (κ1) is 11.0. The molecule has 0 bridgehead atoms. The molecule has 0 saturated carbocycles. The highest BCUT2D eigenvalue weighted by molar-refractivity contribution is 7.09. The molecule has 1 aliphatic heterocycles. The van der Waals surface area contributed by atoms with Crippen molar-refractivity contribution in [3.63, 3.8) is 0 Å². The van der Waals surface area contributed by atoms with Crippen LogP contribution < -0.4 is 5.32 Å². The molecule has 0 aliphatic carbocycles. The Hall–Kier alpha value is -0.450. The van der Waals surface area contributed by atoms with Crippen LogP contribution in [0.2, 0.25) is 0 Å². The van der Waals surface area contributed by atoms with Crippen LogP contribution in [0.3, 0.4) is 0 Å². The van der Waals surface area contributed by atoms with Crippen molar-refractivity contribution >= 4 is 11.3 Å². The van der Waals surface area contributed by atoms with E-state index in [0.717, 1.165) is 5.92 Å². The molecule has 1 aliphatic rings. The largest absolute Gasteiger partial charge is 0.316 e. The van der Waals surface area contributed by atoms with Gasteiger partial charge in [-0.25, -0.2) is 4.98 Å². The van der Waals surface area contributed by atoms with Crippen molar-refractivity contribution in [3.05, 3.63) is 16.6 Å². The highest BCUT2D eigenvalue weighted by Crippen LogP contribution is 2.22. The van der Waals surface area contributed by atoms with Gasteiger partial charge in [0, 0.05) is 18.1 Å². The van der Waals surface area contributed by atoms with Gasteiger partial charge in [0.15, 0.2) is 0 Å². The monoisotopic (exact) mass is 225 g/mol. The highest BCUT2D eigenvalue weighted by Gasteiger charge is 2.20. The molecule has 0 spiro atoms. The van der Waals surface area contributed by atoms with Crippen LogP contribution in [0.1, 0.15) is 24.4 Å². The fourth-order valence-corrected chi connectivity index (χ4v) is 2.82. The molecule has 2 rings (SSSR count). The number of aromatic nitrogens is 1. The quantitative estimate of drug-likeness (QED) is 0.846. The average molecular weight is 225 g/mol. The number of hydrogen-bond acceptors (Lipinski definition) is 4. The first-order chi connectivity index (χ1) is 7.27. The van der Waals surface area contributed by atoms with E-state index in [9.17, 15) is 0 Å². The summed E-state index contributed by atoms with van der Waals surface area (Å²) in [5.74, 6) is 0.817. The van der Waals surface area contributed by atoms with Gasteiger partial charge in [-0.2, -0.15) is 0 Å². The van der Waals surface area contributed by atoms with E-state index in [-0.39, 0.29) is 0 Å². The molecule has 1 fully saturated rings. The Balaban J connectivity index is 1.87. The fraction of sp³-hybridized carbons (Fsp3) is 0.727. The molecule has 0 aromatic carbocycles. The summed E-state index contributed by atoms with van der Waals surface area (Å²) in [6, 6.07) is 0.450. The summed E-state index contributed by atoms with van der Waals surface area (Å²) in [5, 5.41) is 6.69. The third kappa shape index (κ3) is 2.77. The van der Waals surface area contributed by atoms with E-state index in [0.29, 0.717) is 6.04 Å². The zero-order valence-corrected chi connectivity index (χ0v) is 10.3. The summed E-state index contributed by atoms with van der Waals surface area (Å²) in [6.45, 7) is 5.77. The van der Waals surface area contributed by atoms with Crippen LogP contribution in [0.4, 0.5) is 0 Å². The van der Waals surface area contributed by atoms with Gasteiger partial charge in [0.2, 0.25) is 0 Å². The number of nitrogens with zero attached hydrogens (tertiary/aromatic N) is 2. The Morgan fingerprint density at radius 3 is 3.20 bits per heavy atom. The predicted octanol–water partition coefficient (Wildman–Crippen LogP) is 1.75. The zero-order valence-electron chi connectivity index (χ0n) is 9.44. The van der Waals surface area contributed by atoms with Crippen LogP contribution >= 0.6 is 11.3 Å². The third-order valence-electron chi connectivity index (χ3n) is 3.18. The molecular formula is C11H19N3S. The van der Waals surface area contributed by atoms with Gasteiger partial charge in [-0.1, -0.05) is 0 Å². The molecule has 3 nitrogen and oxygen atoms in total. The van der Waals surface area contributed by atoms with Gasteiger partial charge in [-0.15, -0.1) is 11.3 Å². The van der Waals surface area contributed by atoms with E-state index < -0.39 is 0 Å². The molecule has 1 N–H and O–H groups in total. The molecule has 2 heterocycles. The van der Waals surface area contributed by atoms with Gasteiger partial charge >= 0.3 is 0 Å². The standard InChI is InChI=1S/C11H19N3S/c1-9(11-13-5-6-15-11)14(2)8-10-3-4-12-7-10/h5-6,9-10,12H,3-4,7-8H2,1-2H3/t9-,10+/m1/s1. The highest BCUT2D eigenvalue weighted by atomic mass is 32.1. The lowest BCUT2D eigenvalue weighted by Crippen LogP contribution is -2.29. The van der Waals surface area contributed by atoms with Crippen molar-refractivity contribution in [1.82, 2.24) is 15.2 Å². The maximum Gasteiger partial charge on any atom is 0.109 e. The zero-order chi connectivity index (χ0) is 10.7. The predicted molar refractivity (Wildman–Crippen MR) is 64.1 cm³/mol. The van der Waals surface area contributed by atoms with Crippen LogP contribution in [0.15, 0.2) is 11.6 Å². The molecule has 0 unspecified atom stereocenters.